The second-order valence-electron chi connectivity index (χ2n) is 9.08. The molecule has 0 amide bonds. The molecule has 1 unspecified atom stereocenters. The van der Waals surface area contributed by atoms with Crippen LogP contribution in [0, 0.1) is 17.7 Å². The number of carbonyl (C=O) groups is 1. The van der Waals surface area contributed by atoms with Crippen LogP contribution in [0.4, 0.5) is 10.3 Å². The second-order valence-corrected chi connectivity index (χ2v) is 9.08. The highest BCUT2D eigenvalue weighted by Crippen LogP contribution is 2.33. The van der Waals surface area contributed by atoms with Crippen LogP contribution in [0.15, 0.2) is 36.7 Å². The molecule has 1 aliphatic heterocycles. The minimum absolute atomic E-state index is 0.0927. The Kier molecular flexibility index (Phi) is 8.14. The van der Waals surface area contributed by atoms with Gasteiger partial charge in [-0.25, -0.2) is 14.4 Å². The van der Waals surface area contributed by atoms with Crippen LogP contribution in [-0.4, -0.2) is 42.2 Å². The molecule has 6 nitrogen and oxygen atoms in total. The van der Waals surface area contributed by atoms with Crippen molar-refractivity contribution in [3.63, 3.8) is 0 Å². The average molecular weight is 468 g/mol. The molecule has 34 heavy (non-hydrogen) atoms. The number of benzene rings is 1. The molecular formula is C27H34FN3O3. The summed E-state index contributed by atoms with van der Waals surface area (Å²) in [4.78, 5) is 23.1. The lowest BCUT2D eigenvalue weighted by atomic mass is 9.86. The lowest BCUT2D eigenvalue weighted by molar-refractivity contribution is -0.148. The van der Waals surface area contributed by atoms with Gasteiger partial charge in [-0.05, 0) is 80.2 Å². The Morgan fingerprint density at radius 1 is 1.15 bits per heavy atom. The zero-order valence-electron chi connectivity index (χ0n) is 20.1. The number of hydrogen-bond acceptors (Lipinski definition) is 6. The fourth-order valence-electron chi connectivity index (χ4n) is 4.59. The summed E-state index contributed by atoms with van der Waals surface area (Å²) in [5, 5.41) is 0. The predicted molar refractivity (Wildman–Crippen MR) is 130 cm³/mol. The number of rotatable bonds is 8. The van der Waals surface area contributed by atoms with Crippen LogP contribution in [-0.2, 0) is 16.0 Å². The predicted octanol–water partition coefficient (Wildman–Crippen LogP) is 5.22. The minimum Gasteiger partial charge on any atom is -0.490 e. The number of ether oxygens (including phenoxy) is 2. The van der Waals surface area contributed by atoms with Gasteiger partial charge in [0.2, 0.25) is 5.95 Å². The van der Waals surface area contributed by atoms with E-state index in [4.69, 9.17) is 9.47 Å². The van der Waals surface area contributed by atoms with E-state index in [1.54, 1.807) is 12.1 Å². The van der Waals surface area contributed by atoms with Crippen molar-refractivity contribution in [2.75, 3.05) is 31.2 Å². The fraction of sp³-hybridized carbons (Fsp3) is 0.519. The number of halogens is 1. The van der Waals surface area contributed by atoms with E-state index in [0.717, 1.165) is 67.8 Å². The Morgan fingerprint density at radius 2 is 1.91 bits per heavy atom. The summed E-state index contributed by atoms with van der Waals surface area (Å²) >= 11 is 0. The van der Waals surface area contributed by atoms with Gasteiger partial charge in [0.05, 0.1) is 19.1 Å². The van der Waals surface area contributed by atoms with E-state index < -0.39 is 0 Å². The second kappa shape index (κ2) is 11.4. The molecule has 0 spiro atoms. The van der Waals surface area contributed by atoms with Gasteiger partial charge in [-0.15, -0.1) is 0 Å². The van der Waals surface area contributed by atoms with Gasteiger partial charge in [-0.2, -0.15) is 0 Å². The molecule has 1 aromatic heterocycles. The molecular weight excluding hydrogens is 433 g/mol. The first-order valence-electron chi connectivity index (χ1n) is 12.4. The normalized spacial score (nSPS) is 19.0. The van der Waals surface area contributed by atoms with Crippen LogP contribution in [0.25, 0.3) is 5.57 Å². The summed E-state index contributed by atoms with van der Waals surface area (Å²) in [6, 6.07) is 5.18. The van der Waals surface area contributed by atoms with E-state index in [-0.39, 0.29) is 17.7 Å². The third kappa shape index (κ3) is 5.93. The Morgan fingerprint density at radius 3 is 2.53 bits per heavy atom. The molecule has 0 bridgehead atoms. The van der Waals surface area contributed by atoms with Crippen LogP contribution in [0.3, 0.4) is 0 Å². The first-order chi connectivity index (χ1) is 16.6. The number of anilines is 1. The number of piperidine rings is 1. The molecule has 0 saturated carbocycles. The molecule has 1 fully saturated rings. The van der Waals surface area contributed by atoms with Gasteiger partial charge in [0, 0.05) is 25.5 Å². The van der Waals surface area contributed by atoms with Crippen molar-refractivity contribution in [2.45, 2.75) is 52.4 Å². The third-order valence-electron chi connectivity index (χ3n) is 6.81. The molecule has 2 heterocycles. The van der Waals surface area contributed by atoms with E-state index in [0.29, 0.717) is 31.3 Å². The highest BCUT2D eigenvalue weighted by Gasteiger charge is 2.24. The molecule has 4 rings (SSSR count). The average Bonchev–Trinajstić information content (AvgIpc) is 2.88. The van der Waals surface area contributed by atoms with E-state index >= 15 is 0 Å². The maximum Gasteiger partial charge on any atom is 0.309 e. The first kappa shape index (κ1) is 24.2. The largest absolute Gasteiger partial charge is 0.490 e. The minimum atomic E-state index is -0.340. The Labute approximate surface area is 201 Å². The van der Waals surface area contributed by atoms with E-state index in [1.807, 2.05) is 31.5 Å². The molecule has 1 aliphatic carbocycles. The van der Waals surface area contributed by atoms with Crippen molar-refractivity contribution >= 4 is 17.5 Å². The molecule has 0 N–H and O–H groups in total. The Bertz CT molecular complexity index is 1000. The summed E-state index contributed by atoms with van der Waals surface area (Å²) in [6.07, 6.45) is 10.8. The lowest BCUT2D eigenvalue weighted by Crippen LogP contribution is -2.36. The molecule has 1 aromatic carbocycles. The topological polar surface area (TPSA) is 64.6 Å². The standard InChI is InChI=1S/C27H34FN3O3/c1-3-19-16-29-27(30-17-19)31-13-11-20(12-14-31)18-34-25-10-9-23(15-24(25)28)21-5-7-22(8-6-21)26(32)33-4-2/h5,9-10,15-17,20,22H,3-4,6-8,11-14,18H2,1-2H3. The summed E-state index contributed by atoms with van der Waals surface area (Å²) < 4.78 is 25.7. The van der Waals surface area contributed by atoms with Crippen molar-refractivity contribution in [3.8, 4) is 5.75 Å². The molecule has 2 aromatic rings. The van der Waals surface area contributed by atoms with E-state index in [1.165, 1.54) is 0 Å². The number of aryl methyl sites for hydroxylation is 1. The smallest absolute Gasteiger partial charge is 0.309 e. The molecule has 1 saturated heterocycles. The first-order valence-corrected chi connectivity index (χ1v) is 12.4. The van der Waals surface area contributed by atoms with Crippen LogP contribution in [0.2, 0.25) is 0 Å². The maximum absolute atomic E-state index is 14.8. The van der Waals surface area contributed by atoms with Crippen LogP contribution < -0.4 is 9.64 Å². The summed E-state index contributed by atoms with van der Waals surface area (Å²) in [5.74, 6) is 0.887. The van der Waals surface area contributed by atoms with Gasteiger partial charge in [0.1, 0.15) is 0 Å². The quantitative estimate of drug-likeness (QED) is 0.496. The maximum atomic E-state index is 14.8. The molecule has 2 aliphatic rings. The SMILES string of the molecule is CCOC(=O)C1CC=C(c2ccc(OCC3CCN(c4ncc(CC)cn4)CC3)c(F)c2)CC1. The Hall–Kier alpha value is -2.96. The highest BCUT2D eigenvalue weighted by molar-refractivity contribution is 5.75. The van der Waals surface area contributed by atoms with Gasteiger partial charge < -0.3 is 14.4 Å². The summed E-state index contributed by atoms with van der Waals surface area (Å²) in [6.45, 7) is 6.57. The number of allylic oxidation sites excluding steroid dienone is 2. The van der Waals surface area contributed by atoms with Crippen LogP contribution in [0.1, 0.15) is 57.1 Å². The summed E-state index contributed by atoms with van der Waals surface area (Å²) in [7, 11) is 0. The molecule has 7 heteroatoms. The van der Waals surface area contributed by atoms with Crippen molar-refractivity contribution in [1.82, 2.24) is 9.97 Å². The van der Waals surface area contributed by atoms with Crippen molar-refractivity contribution in [3.05, 3.63) is 53.6 Å². The number of nitrogens with zero attached hydrogens (tertiary/aromatic N) is 3. The zero-order valence-corrected chi connectivity index (χ0v) is 20.1. The molecule has 182 valence electrons. The Balaban J connectivity index is 1.26. The number of esters is 1. The van der Waals surface area contributed by atoms with E-state index in [2.05, 4.69) is 21.8 Å². The number of aromatic nitrogens is 2. The van der Waals surface area contributed by atoms with Gasteiger partial charge in [-0.1, -0.05) is 19.1 Å². The fourth-order valence-corrected chi connectivity index (χ4v) is 4.59. The van der Waals surface area contributed by atoms with Gasteiger partial charge in [0.15, 0.2) is 11.6 Å². The molecule has 0 radical (unpaired) electrons. The van der Waals surface area contributed by atoms with E-state index in [9.17, 15) is 9.18 Å². The highest BCUT2D eigenvalue weighted by atomic mass is 19.1. The van der Waals surface area contributed by atoms with Crippen molar-refractivity contribution < 1.29 is 18.7 Å². The monoisotopic (exact) mass is 467 g/mol. The van der Waals surface area contributed by atoms with Crippen LogP contribution >= 0.6 is 0 Å². The molecule has 1 atom stereocenters. The van der Waals surface area contributed by atoms with Crippen molar-refractivity contribution in [2.24, 2.45) is 11.8 Å². The zero-order chi connectivity index (χ0) is 23.9. The number of hydrogen-bond donors (Lipinski definition) is 0. The van der Waals surface area contributed by atoms with Gasteiger partial charge >= 0.3 is 5.97 Å². The van der Waals surface area contributed by atoms with Crippen molar-refractivity contribution in [1.29, 1.82) is 0 Å². The number of carbonyl (C=O) groups excluding carboxylic acids is 1. The van der Waals surface area contributed by atoms with Gasteiger partial charge in [-0.3, -0.25) is 4.79 Å². The van der Waals surface area contributed by atoms with Crippen LogP contribution in [0.5, 0.6) is 5.75 Å². The third-order valence-corrected chi connectivity index (χ3v) is 6.81. The lowest BCUT2D eigenvalue weighted by Gasteiger charge is -2.31. The summed E-state index contributed by atoms with van der Waals surface area (Å²) in [5.41, 5.74) is 3.07. The van der Waals surface area contributed by atoms with Gasteiger partial charge in [0.25, 0.3) is 0 Å².